The zero-order valence-electron chi connectivity index (χ0n) is 10.4. The summed E-state index contributed by atoms with van der Waals surface area (Å²) < 4.78 is 41.0. The summed E-state index contributed by atoms with van der Waals surface area (Å²) in [7, 11) is 1.33. The van der Waals surface area contributed by atoms with Gasteiger partial charge in [-0.15, -0.1) is 0 Å². The van der Waals surface area contributed by atoms with Gasteiger partial charge in [-0.25, -0.2) is 0 Å². The third kappa shape index (κ3) is 6.20. The molecule has 1 saturated heterocycles. The van der Waals surface area contributed by atoms with Gasteiger partial charge in [-0.1, -0.05) is 0 Å². The molecule has 0 aliphatic carbocycles. The van der Waals surface area contributed by atoms with Crippen LogP contribution in [0.5, 0.6) is 0 Å². The smallest absolute Gasteiger partial charge is 0.401 e. The zero-order valence-corrected chi connectivity index (χ0v) is 10.4. The molecule has 7 heteroatoms. The number of rotatable bonds is 5. The van der Waals surface area contributed by atoms with Crippen molar-refractivity contribution in [3.8, 4) is 0 Å². The molecule has 0 saturated carbocycles. The average Bonchev–Trinajstić information content (AvgIpc) is 2.29. The standard InChI is InChI=1S/C11H19F3N2O2/c1-18-10(17)2-5-15-9-3-6-16(7-4-9)8-11(12,13)14/h9,15H,2-8H2,1H3. The van der Waals surface area contributed by atoms with Gasteiger partial charge in [-0.05, 0) is 25.9 Å². The molecule has 1 aliphatic rings. The lowest BCUT2D eigenvalue weighted by Crippen LogP contribution is -2.45. The summed E-state index contributed by atoms with van der Waals surface area (Å²) >= 11 is 0. The quantitative estimate of drug-likeness (QED) is 0.760. The predicted molar refractivity (Wildman–Crippen MR) is 60.2 cm³/mol. The molecular formula is C11H19F3N2O2. The van der Waals surface area contributed by atoms with E-state index in [4.69, 9.17) is 0 Å². The molecule has 1 rings (SSSR count). The van der Waals surface area contributed by atoms with Crippen LogP contribution < -0.4 is 5.32 Å². The van der Waals surface area contributed by atoms with Crippen molar-refractivity contribution in [2.75, 3.05) is 33.3 Å². The number of alkyl halides is 3. The van der Waals surface area contributed by atoms with Gasteiger partial charge in [0.25, 0.3) is 0 Å². The Kier molecular flexibility index (Phi) is 5.87. The van der Waals surface area contributed by atoms with Crippen molar-refractivity contribution in [3.05, 3.63) is 0 Å². The Hall–Kier alpha value is -0.820. The van der Waals surface area contributed by atoms with Gasteiger partial charge < -0.3 is 10.1 Å². The molecule has 1 N–H and O–H groups in total. The van der Waals surface area contributed by atoms with Crippen molar-refractivity contribution in [1.29, 1.82) is 0 Å². The number of nitrogens with zero attached hydrogens (tertiary/aromatic N) is 1. The first-order valence-corrected chi connectivity index (χ1v) is 6.00. The Balaban J connectivity index is 2.14. The van der Waals surface area contributed by atoms with Crippen LogP contribution in [0.3, 0.4) is 0 Å². The highest BCUT2D eigenvalue weighted by molar-refractivity contribution is 5.69. The highest BCUT2D eigenvalue weighted by Crippen LogP contribution is 2.19. The fourth-order valence-corrected chi connectivity index (χ4v) is 2.03. The molecule has 0 amide bonds. The number of piperidine rings is 1. The molecular weight excluding hydrogens is 249 g/mol. The van der Waals surface area contributed by atoms with Crippen LogP contribution in [0.4, 0.5) is 13.2 Å². The first-order valence-electron chi connectivity index (χ1n) is 6.00. The van der Waals surface area contributed by atoms with Crippen molar-refractivity contribution in [3.63, 3.8) is 0 Å². The Morgan fingerprint density at radius 3 is 2.50 bits per heavy atom. The molecule has 0 bridgehead atoms. The molecule has 4 nitrogen and oxygen atoms in total. The number of carbonyl (C=O) groups is 1. The number of esters is 1. The normalized spacial score (nSPS) is 18.9. The topological polar surface area (TPSA) is 41.6 Å². The minimum Gasteiger partial charge on any atom is -0.469 e. The van der Waals surface area contributed by atoms with E-state index in [1.807, 2.05) is 0 Å². The fourth-order valence-electron chi connectivity index (χ4n) is 2.03. The number of methoxy groups -OCH3 is 1. The van der Waals surface area contributed by atoms with E-state index in [9.17, 15) is 18.0 Å². The Labute approximate surface area is 104 Å². The van der Waals surface area contributed by atoms with Crippen LogP contribution in [-0.4, -0.2) is 56.4 Å². The molecule has 0 spiro atoms. The van der Waals surface area contributed by atoms with Gasteiger partial charge >= 0.3 is 12.1 Å². The van der Waals surface area contributed by atoms with Gasteiger partial charge in [0.05, 0.1) is 20.1 Å². The number of hydrogen-bond donors (Lipinski definition) is 1. The van der Waals surface area contributed by atoms with Crippen LogP contribution >= 0.6 is 0 Å². The molecule has 0 unspecified atom stereocenters. The Morgan fingerprint density at radius 1 is 1.39 bits per heavy atom. The monoisotopic (exact) mass is 268 g/mol. The summed E-state index contributed by atoms with van der Waals surface area (Å²) in [5, 5.41) is 3.16. The van der Waals surface area contributed by atoms with Gasteiger partial charge in [-0.2, -0.15) is 13.2 Å². The summed E-state index contributed by atoms with van der Waals surface area (Å²) in [6, 6.07) is 0.194. The Bertz CT molecular complexity index is 264. The number of carbonyl (C=O) groups excluding carboxylic acids is 1. The van der Waals surface area contributed by atoms with Gasteiger partial charge in [0.15, 0.2) is 0 Å². The van der Waals surface area contributed by atoms with E-state index in [-0.39, 0.29) is 12.0 Å². The minimum atomic E-state index is -4.12. The average molecular weight is 268 g/mol. The van der Waals surface area contributed by atoms with Crippen LogP contribution in [0.1, 0.15) is 19.3 Å². The summed E-state index contributed by atoms with van der Waals surface area (Å²) in [6.45, 7) is 0.559. The van der Waals surface area contributed by atoms with Gasteiger partial charge in [0.2, 0.25) is 0 Å². The molecule has 1 aliphatic heterocycles. The van der Waals surface area contributed by atoms with Gasteiger partial charge in [-0.3, -0.25) is 9.69 Å². The second-order valence-corrected chi connectivity index (χ2v) is 4.45. The van der Waals surface area contributed by atoms with E-state index < -0.39 is 12.7 Å². The first-order chi connectivity index (χ1) is 8.40. The van der Waals surface area contributed by atoms with Crippen molar-refractivity contribution in [2.45, 2.75) is 31.5 Å². The molecule has 18 heavy (non-hydrogen) atoms. The number of ether oxygens (including phenoxy) is 1. The molecule has 0 radical (unpaired) electrons. The maximum atomic E-state index is 12.2. The fraction of sp³-hybridized carbons (Fsp3) is 0.909. The number of halogens is 3. The highest BCUT2D eigenvalue weighted by atomic mass is 19.4. The summed E-state index contributed by atoms with van der Waals surface area (Å²) in [6.07, 6.45) is -2.47. The van der Waals surface area contributed by atoms with Crippen LogP contribution in [0.15, 0.2) is 0 Å². The largest absolute Gasteiger partial charge is 0.469 e. The Morgan fingerprint density at radius 2 is 2.00 bits per heavy atom. The van der Waals surface area contributed by atoms with Crippen molar-refractivity contribution < 1.29 is 22.7 Å². The molecule has 0 aromatic heterocycles. The predicted octanol–water partition coefficient (Wildman–Crippen LogP) is 1.17. The van der Waals surface area contributed by atoms with Crippen molar-refractivity contribution in [1.82, 2.24) is 10.2 Å². The number of nitrogens with one attached hydrogen (secondary N) is 1. The molecule has 0 aromatic rings. The van der Waals surface area contributed by atoms with Gasteiger partial charge in [0, 0.05) is 12.6 Å². The van der Waals surface area contributed by atoms with E-state index in [2.05, 4.69) is 10.1 Å². The zero-order chi connectivity index (χ0) is 13.6. The first kappa shape index (κ1) is 15.2. The third-order valence-electron chi connectivity index (χ3n) is 2.98. The van der Waals surface area contributed by atoms with E-state index in [1.165, 1.54) is 12.0 Å². The number of hydrogen-bond acceptors (Lipinski definition) is 4. The highest BCUT2D eigenvalue weighted by Gasteiger charge is 2.32. The maximum Gasteiger partial charge on any atom is 0.401 e. The summed E-state index contributed by atoms with van der Waals surface area (Å²) in [5.41, 5.74) is 0. The maximum absolute atomic E-state index is 12.2. The third-order valence-corrected chi connectivity index (χ3v) is 2.98. The second kappa shape index (κ2) is 6.94. The molecule has 0 aromatic carbocycles. The lowest BCUT2D eigenvalue weighted by atomic mass is 10.0. The van der Waals surface area contributed by atoms with Gasteiger partial charge in [0.1, 0.15) is 0 Å². The van der Waals surface area contributed by atoms with Crippen molar-refractivity contribution >= 4 is 5.97 Å². The lowest BCUT2D eigenvalue weighted by molar-refractivity contribution is -0.148. The minimum absolute atomic E-state index is 0.194. The van der Waals surface area contributed by atoms with E-state index in [0.717, 1.165) is 0 Å². The lowest BCUT2D eigenvalue weighted by Gasteiger charge is -2.32. The van der Waals surface area contributed by atoms with Crippen LogP contribution in [0, 0.1) is 0 Å². The van der Waals surface area contributed by atoms with Crippen LogP contribution in [0.2, 0.25) is 0 Å². The summed E-state index contributed by atoms with van der Waals surface area (Å²) in [4.78, 5) is 12.3. The van der Waals surface area contributed by atoms with Crippen LogP contribution in [-0.2, 0) is 9.53 Å². The SMILES string of the molecule is COC(=O)CCNC1CCN(CC(F)(F)F)CC1. The molecule has 1 heterocycles. The van der Waals surface area contributed by atoms with E-state index >= 15 is 0 Å². The second-order valence-electron chi connectivity index (χ2n) is 4.45. The van der Waals surface area contributed by atoms with Crippen LogP contribution in [0.25, 0.3) is 0 Å². The summed E-state index contributed by atoms with van der Waals surface area (Å²) in [5.74, 6) is -0.281. The molecule has 106 valence electrons. The number of likely N-dealkylation sites (tertiary alicyclic amines) is 1. The molecule has 1 fully saturated rings. The van der Waals surface area contributed by atoms with E-state index in [1.54, 1.807) is 0 Å². The van der Waals surface area contributed by atoms with E-state index in [0.29, 0.717) is 38.9 Å². The van der Waals surface area contributed by atoms with Crippen molar-refractivity contribution in [2.24, 2.45) is 0 Å². The molecule has 0 atom stereocenters.